The molecular formula is C33H35FN4O6S. The fourth-order valence-electron chi connectivity index (χ4n) is 5.28. The van der Waals surface area contributed by atoms with Crippen molar-refractivity contribution in [2.45, 2.75) is 30.9 Å². The SMILES string of the molecule is C[C@H](CO)N1C[C@H](C)[C@@H](CN(C)S(=O)(=O)c2ccc(F)cc2)Oc2ccc(NC(=O)Nc3cccc4ccccc34)cc2C1=O. The molecule has 5 rings (SSSR count). The molecule has 0 fully saturated rings. The Morgan fingerprint density at radius 1 is 1.07 bits per heavy atom. The number of benzene rings is 4. The predicted molar refractivity (Wildman–Crippen MR) is 170 cm³/mol. The summed E-state index contributed by atoms with van der Waals surface area (Å²) < 4.78 is 47.4. The van der Waals surface area contributed by atoms with Gasteiger partial charge in [0.25, 0.3) is 5.91 Å². The molecule has 4 aromatic rings. The lowest BCUT2D eigenvalue weighted by Crippen LogP contribution is -2.50. The van der Waals surface area contributed by atoms with Gasteiger partial charge in [0.2, 0.25) is 10.0 Å². The molecule has 0 bridgehead atoms. The third-order valence-electron chi connectivity index (χ3n) is 7.92. The molecule has 3 amide bonds. The zero-order valence-corrected chi connectivity index (χ0v) is 25.9. The molecule has 1 aliphatic heterocycles. The number of halogens is 1. The van der Waals surface area contributed by atoms with E-state index in [4.69, 9.17) is 4.74 Å². The fourth-order valence-corrected chi connectivity index (χ4v) is 6.46. The van der Waals surface area contributed by atoms with Crippen LogP contribution in [0.1, 0.15) is 24.2 Å². The first-order chi connectivity index (χ1) is 21.5. The molecule has 0 spiro atoms. The minimum atomic E-state index is -3.97. The summed E-state index contributed by atoms with van der Waals surface area (Å²) in [5.41, 5.74) is 1.11. The summed E-state index contributed by atoms with van der Waals surface area (Å²) in [6, 6.07) is 21.4. The number of sulfonamides is 1. The molecule has 0 saturated carbocycles. The van der Waals surface area contributed by atoms with Crippen LogP contribution >= 0.6 is 0 Å². The monoisotopic (exact) mass is 634 g/mol. The quantitative estimate of drug-likeness (QED) is 0.246. The standard InChI is InChI=1S/C33H35FN4O6S/c1-21-18-38(22(2)20-39)32(40)28-17-25(35-33(41)36-29-10-6-8-23-7-4-5-9-27(23)29)13-16-30(28)44-31(21)19-37(3)45(42,43)26-14-11-24(34)12-15-26/h4-17,21-22,31,39H,18-20H2,1-3H3,(H2,35,36,41)/t21-,22+,31+/m0/s1. The summed E-state index contributed by atoms with van der Waals surface area (Å²) in [5, 5.41) is 17.4. The number of aliphatic hydroxyl groups excluding tert-OH is 1. The van der Waals surface area contributed by atoms with Crippen molar-refractivity contribution in [1.82, 2.24) is 9.21 Å². The Morgan fingerprint density at radius 2 is 1.78 bits per heavy atom. The first kappa shape index (κ1) is 31.9. The van der Waals surface area contributed by atoms with Crippen LogP contribution in [0.25, 0.3) is 10.8 Å². The Labute approximate surface area is 261 Å². The van der Waals surface area contributed by atoms with Gasteiger partial charge >= 0.3 is 6.03 Å². The molecule has 3 N–H and O–H groups in total. The number of fused-ring (bicyclic) bond motifs is 2. The first-order valence-electron chi connectivity index (χ1n) is 14.5. The second-order valence-electron chi connectivity index (χ2n) is 11.2. The van der Waals surface area contributed by atoms with Crippen molar-refractivity contribution in [2.75, 3.05) is 37.4 Å². The van der Waals surface area contributed by atoms with E-state index in [1.54, 1.807) is 25.1 Å². The minimum absolute atomic E-state index is 0.0616. The smallest absolute Gasteiger partial charge is 0.323 e. The highest BCUT2D eigenvalue weighted by Gasteiger charge is 2.35. The zero-order chi connectivity index (χ0) is 32.3. The molecule has 0 aliphatic carbocycles. The predicted octanol–water partition coefficient (Wildman–Crippen LogP) is 5.16. The van der Waals surface area contributed by atoms with Gasteiger partial charge in [0, 0.05) is 30.6 Å². The third-order valence-corrected chi connectivity index (χ3v) is 9.76. The van der Waals surface area contributed by atoms with E-state index in [9.17, 15) is 27.5 Å². The summed E-state index contributed by atoms with van der Waals surface area (Å²) in [5.74, 6) is -1.08. The van der Waals surface area contributed by atoms with Crippen molar-refractivity contribution >= 4 is 44.1 Å². The molecule has 1 aliphatic rings. The lowest BCUT2D eigenvalue weighted by molar-refractivity contribution is 0.0387. The van der Waals surface area contributed by atoms with Crippen LogP contribution in [0.3, 0.4) is 0 Å². The van der Waals surface area contributed by atoms with Gasteiger partial charge < -0.3 is 25.4 Å². The van der Waals surface area contributed by atoms with Gasteiger partial charge in [-0.25, -0.2) is 17.6 Å². The highest BCUT2D eigenvalue weighted by molar-refractivity contribution is 7.89. The number of carbonyl (C=O) groups excluding carboxylic acids is 2. The largest absolute Gasteiger partial charge is 0.488 e. The average molecular weight is 635 g/mol. The lowest BCUT2D eigenvalue weighted by Gasteiger charge is -2.38. The van der Waals surface area contributed by atoms with Crippen LogP contribution in [-0.2, 0) is 10.0 Å². The highest BCUT2D eigenvalue weighted by Crippen LogP contribution is 2.31. The average Bonchev–Trinajstić information content (AvgIpc) is 3.03. The van der Waals surface area contributed by atoms with E-state index in [0.29, 0.717) is 11.4 Å². The van der Waals surface area contributed by atoms with Crippen molar-refractivity contribution in [1.29, 1.82) is 0 Å². The summed E-state index contributed by atoms with van der Waals surface area (Å²) in [4.78, 5) is 28.2. The number of aliphatic hydroxyl groups is 1. The maximum atomic E-state index is 13.8. The maximum absolute atomic E-state index is 13.8. The van der Waals surface area contributed by atoms with Crippen LogP contribution in [0.5, 0.6) is 5.75 Å². The number of urea groups is 1. The summed E-state index contributed by atoms with van der Waals surface area (Å²) >= 11 is 0. The second kappa shape index (κ2) is 13.2. The van der Waals surface area contributed by atoms with Crippen molar-refractivity contribution in [3.8, 4) is 5.75 Å². The molecule has 12 heteroatoms. The number of amides is 3. The van der Waals surface area contributed by atoms with Gasteiger partial charge in [0.05, 0.1) is 35.3 Å². The van der Waals surface area contributed by atoms with Crippen LogP contribution in [-0.4, -0.2) is 73.6 Å². The molecule has 3 atom stereocenters. The molecule has 236 valence electrons. The first-order valence-corrected chi connectivity index (χ1v) is 15.9. The summed E-state index contributed by atoms with van der Waals surface area (Å²) in [6.07, 6.45) is -0.695. The Kier molecular flexibility index (Phi) is 9.37. The van der Waals surface area contributed by atoms with Crippen LogP contribution in [0.15, 0.2) is 89.8 Å². The molecule has 45 heavy (non-hydrogen) atoms. The molecule has 0 radical (unpaired) electrons. The van der Waals surface area contributed by atoms with Gasteiger partial charge in [-0.05, 0) is 60.8 Å². The third kappa shape index (κ3) is 6.93. The van der Waals surface area contributed by atoms with Crippen molar-refractivity contribution in [3.63, 3.8) is 0 Å². The number of carbonyl (C=O) groups is 2. The number of hydrogen-bond acceptors (Lipinski definition) is 6. The van der Waals surface area contributed by atoms with E-state index >= 15 is 0 Å². The number of anilines is 2. The molecule has 0 saturated heterocycles. The van der Waals surface area contributed by atoms with Gasteiger partial charge in [-0.15, -0.1) is 0 Å². The number of nitrogens with one attached hydrogen (secondary N) is 2. The fraction of sp³-hybridized carbons (Fsp3) is 0.273. The van der Waals surface area contributed by atoms with Crippen molar-refractivity contribution < 1.29 is 32.2 Å². The maximum Gasteiger partial charge on any atom is 0.323 e. The normalized spacial score (nSPS) is 17.6. The summed E-state index contributed by atoms with van der Waals surface area (Å²) in [7, 11) is -2.56. The number of rotatable bonds is 8. The molecule has 4 aromatic carbocycles. The van der Waals surface area contributed by atoms with Crippen molar-refractivity contribution in [2.24, 2.45) is 5.92 Å². The van der Waals surface area contributed by atoms with E-state index in [-0.39, 0.29) is 41.8 Å². The van der Waals surface area contributed by atoms with E-state index in [0.717, 1.165) is 27.2 Å². The number of likely N-dealkylation sites (N-methyl/N-ethyl adjacent to an activating group) is 1. The lowest BCUT2D eigenvalue weighted by atomic mass is 9.99. The molecule has 0 aromatic heterocycles. The highest BCUT2D eigenvalue weighted by atomic mass is 32.2. The van der Waals surface area contributed by atoms with Crippen LogP contribution < -0.4 is 15.4 Å². The van der Waals surface area contributed by atoms with Gasteiger partial charge in [0.1, 0.15) is 17.7 Å². The Hall–Kier alpha value is -4.52. The molecule has 1 heterocycles. The van der Waals surface area contributed by atoms with E-state index in [1.165, 1.54) is 30.1 Å². The number of nitrogens with zero attached hydrogens (tertiary/aromatic N) is 2. The van der Waals surface area contributed by atoms with E-state index in [1.807, 2.05) is 43.3 Å². The minimum Gasteiger partial charge on any atom is -0.488 e. The Morgan fingerprint density at radius 3 is 2.51 bits per heavy atom. The van der Waals surface area contributed by atoms with E-state index < -0.39 is 39.9 Å². The zero-order valence-electron chi connectivity index (χ0n) is 25.1. The number of hydrogen-bond donors (Lipinski definition) is 3. The van der Waals surface area contributed by atoms with Crippen molar-refractivity contribution in [3.05, 3.63) is 96.3 Å². The second-order valence-corrected chi connectivity index (χ2v) is 13.2. The van der Waals surface area contributed by atoms with E-state index in [2.05, 4.69) is 10.6 Å². The summed E-state index contributed by atoms with van der Waals surface area (Å²) in [6.45, 7) is 3.37. The Balaban J connectivity index is 1.41. The van der Waals surface area contributed by atoms with Gasteiger partial charge in [-0.1, -0.05) is 43.3 Å². The van der Waals surface area contributed by atoms with Gasteiger partial charge in [-0.2, -0.15) is 4.31 Å². The van der Waals surface area contributed by atoms with Gasteiger partial charge in [-0.3, -0.25) is 4.79 Å². The van der Waals surface area contributed by atoms with Gasteiger partial charge in [0.15, 0.2) is 0 Å². The molecule has 0 unspecified atom stereocenters. The molecule has 10 nitrogen and oxygen atoms in total. The molecular weight excluding hydrogens is 599 g/mol. The number of ether oxygens (including phenoxy) is 1. The van der Waals surface area contributed by atoms with Crippen LogP contribution in [0.2, 0.25) is 0 Å². The van der Waals surface area contributed by atoms with Crippen LogP contribution in [0, 0.1) is 11.7 Å². The topological polar surface area (TPSA) is 128 Å². The Bertz CT molecular complexity index is 1810. The van der Waals surface area contributed by atoms with Crippen LogP contribution in [0.4, 0.5) is 20.6 Å².